The molecular formula is C18H21N5O. The lowest BCUT2D eigenvalue weighted by atomic mass is 10.1. The molecule has 0 aliphatic heterocycles. The summed E-state index contributed by atoms with van der Waals surface area (Å²) in [7, 11) is 3.69. The van der Waals surface area contributed by atoms with Gasteiger partial charge in [0.25, 0.3) is 5.91 Å². The lowest BCUT2D eigenvalue weighted by Crippen LogP contribution is -2.36. The summed E-state index contributed by atoms with van der Waals surface area (Å²) in [5, 5.41) is 0. The predicted octanol–water partition coefficient (Wildman–Crippen LogP) is 2.37. The molecule has 0 fully saturated rings. The minimum absolute atomic E-state index is 0.0335. The van der Waals surface area contributed by atoms with Crippen molar-refractivity contribution in [2.24, 2.45) is 7.05 Å². The molecule has 0 saturated carbocycles. The fourth-order valence-corrected chi connectivity index (χ4v) is 2.69. The lowest BCUT2D eigenvalue weighted by Gasteiger charge is -2.24. The number of fused-ring (bicyclic) bond motifs is 1. The van der Waals surface area contributed by atoms with E-state index in [0.717, 1.165) is 16.9 Å². The molecule has 3 rings (SSSR count). The first kappa shape index (κ1) is 16.1. The molecule has 0 bridgehead atoms. The Bertz CT molecular complexity index is 886. The number of amides is 1. The van der Waals surface area contributed by atoms with E-state index >= 15 is 0 Å². The molecule has 6 nitrogen and oxygen atoms in total. The van der Waals surface area contributed by atoms with E-state index < -0.39 is 0 Å². The van der Waals surface area contributed by atoms with Crippen molar-refractivity contribution in [1.29, 1.82) is 0 Å². The molecule has 0 aliphatic carbocycles. The summed E-state index contributed by atoms with van der Waals surface area (Å²) in [5.41, 5.74) is 4.20. The summed E-state index contributed by atoms with van der Waals surface area (Å²) in [4.78, 5) is 27.4. The van der Waals surface area contributed by atoms with E-state index in [-0.39, 0.29) is 11.9 Å². The van der Waals surface area contributed by atoms with Crippen LogP contribution in [-0.2, 0) is 13.5 Å². The molecule has 3 heterocycles. The highest BCUT2D eigenvalue weighted by Gasteiger charge is 2.19. The number of imidazole rings is 1. The van der Waals surface area contributed by atoms with Crippen molar-refractivity contribution in [2.45, 2.75) is 26.3 Å². The SMILES string of the molecule is Cc1ccnc(CC(C)N(C)C(=O)c2cnc3c(c2)ncn3C)c1. The Morgan fingerprint density at radius 2 is 2.08 bits per heavy atom. The average molecular weight is 323 g/mol. The summed E-state index contributed by atoms with van der Waals surface area (Å²) >= 11 is 0. The van der Waals surface area contributed by atoms with Gasteiger partial charge in [-0.1, -0.05) is 0 Å². The van der Waals surface area contributed by atoms with Crippen LogP contribution in [0.3, 0.4) is 0 Å². The highest BCUT2D eigenvalue weighted by atomic mass is 16.2. The first-order valence-corrected chi connectivity index (χ1v) is 7.91. The van der Waals surface area contributed by atoms with E-state index in [1.807, 2.05) is 38.6 Å². The van der Waals surface area contributed by atoms with E-state index in [4.69, 9.17) is 0 Å². The molecule has 0 aromatic carbocycles. The number of aromatic nitrogens is 4. The topological polar surface area (TPSA) is 63.9 Å². The number of likely N-dealkylation sites (N-methyl/N-ethyl adjacent to an activating group) is 1. The van der Waals surface area contributed by atoms with Crippen LogP contribution < -0.4 is 0 Å². The summed E-state index contributed by atoms with van der Waals surface area (Å²) in [6.45, 7) is 4.06. The van der Waals surface area contributed by atoms with Crippen molar-refractivity contribution in [2.75, 3.05) is 7.05 Å². The molecule has 1 atom stereocenters. The number of carbonyl (C=O) groups is 1. The van der Waals surface area contributed by atoms with E-state index in [2.05, 4.69) is 21.0 Å². The highest BCUT2D eigenvalue weighted by Crippen LogP contribution is 2.14. The number of aryl methyl sites for hydroxylation is 2. The third-order valence-corrected chi connectivity index (χ3v) is 4.26. The second-order valence-electron chi connectivity index (χ2n) is 6.22. The maximum Gasteiger partial charge on any atom is 0.255 e. The largest absolute Gasteiger partial charge is 0.339 e. The third kappa shape index (κ3) is 3.13. The molecule has 0 saturated heterocycles. The van der Waals surface area contributed by atoms with Gasteiger partial charge in [-0.15, -0.1) is 0 Å². The Hall–Kier alpha value is -2.76. The van der Waals surface area contributed by atoms with Gasteiger partial charge in [-0.25, -0.2) is 9.97 Å². The molecule has 124 valence electrons. The van der Waals surface area contributed by atoms with Crippen molar-refractivity contribution in [3.63, 3.8) is 0 Å². The quantitative estimate of drug-likeness (QED) is 0.739. The second kappa shape index (κ2) is 6.39. The van der Waals surface area contributed by atoms with Crippen LogP contribution in [0.2, 0.25) is 0 Å². The van der Waals surface area contributed by atoms with Crippen molar-refractivity contribution in [3.8, 4) is 0 Å². The van der Waals surface area contributed by atoms with Gasteiger partial charge in [0.1, 0.15) is 5.52 Å². The van der Waals surface area contributed by atoms with Gasteiger partial charge >= 0.3 is 0 Å². The van der Waals surface area contributed by atoms with Crippen LogP contribution in [0, 0.1) is 6.92 Å². The highest BCUT2D eigenvalue weighted by molar-refractivity contribution is 5.96. The Morgan fingerprint density at radius 3 is 2.83 bits per heavy atom. The maximum atomic E-state index is 12.7. The van der Waals surface area contributed by atoms with Gasteiger partial charge in [-0.2, -0.15) is 0 Å². The predicted molar refractivity (Wildman–Crippen MR) is 92.7 cm³/mol. The number of pyridine rings is 2. The van der Waals surface area contributed by atoms with Crippen LogP contribution in [0.1, 0.15) is 28.5 Å². The zero-order valence-electron chi connectivity index (χ0n) is 14.4. The lowest BCUT2D eigenvalue weighted by molar-refractivity contribution is 0.0742. The van der Waals surface area contributed by atoms with Crippen LogP contribution in [0.15, 0.2) is 36.9 Å². The van der Waals surface area contributed by atoms with Crippen LogP contribution in [0.25, 0.3) is 11.2 Å². The fourth-order valence-electron chi connectivity index (χ4n) is 2.69. The molecule has 0 radical (unpaired) electrons. The van der Waals surface area contributed by atoms with Crippen LogP contribution in [-0.4, -0.2) is 43.4 Å². The summed E-state index contributed by atoms with van der Waals surface area (Å²) < 4.78 is 1.83. The van der Waals surface area contributed by atoms with Gasteiger partial charge in [0.2, 0.25) is 0 Å². The van der Waals surface area contributed by atoms with Gasteiger partial charge in [-0.3, -0.25) is 9.78 Å². The Labute approximate surface area is 141 Å². The zero-order valence-corrected chi connectivity index (χ0v) is 14.4. The normalized spacial score (nSPS) is 12.3. The van der Waals surface area contributed by atoms with Crippen molar-refractivity contribution in [3.05, 3.63) is 53.7 Å². The molecule has 3 aromatic heterocycles. The monoisotopic (exact) mass is 323 g/mol. The van der Waals surface area contributed by atoms with Crippen LogP contribution >= 0.6 is 0 Å². The number of nitrogens with zero attached hydrogens (tertiary/aromatic N) is 5. The fraction of sp³-hybridized carbons (Fsp3) is 0.333. The molecule has 0 spiro atoms. The van der Waals surface area contributed by atoms with Crippen LogP contribution in [0.5, 0.6) is 0 Å². The smallest absolute Gasteiger partial charge is 0.255 e. The Kier molecular flexibility index (Phi) is 4.29. The van der Waals surface area contributed by atoms with Crippen molar-refractivity contribution in [1.82, 2.24) is 24.4 Å². The average Bonchev–Trinajstić information content (AvgIpc) is 2.94. The van der Waals surface area contributed by atoms with E-state index in [1.165, 1.54) is 5.56 Å². The third-order valence-electron chi connectivity index (χ3n) is 4.26. The molecule has 24 heavy (non-hydrogen) atoms. The summed E-state index contributed by atoms with van der Waals surface area (Å²) in [5.74, 6) is -0.0600. The minimum atomic E-state index is -0.0600. The minimum Gasteiger partial charge on any atom is -0.339 e. The molecule has 0 aliphatic rings. The van der Waals surface area contributed by atoms with E-state index in [9.17, 15) is 4.79 Å². The zero-order chi connectivity index (χ0) is 17.3. The first-order valence-electron chi connectivity index (χ1n) is 7.91. The standard InChI is InChI=1S/C18H21N5O/c1-12-5-6-19-15(7-12)8-13(2)23(4)18(24)14-9-16-17(20-10-14)22(3)11-21-16/h5-7,9-11,13H,8H2,1-4H3. The Morgan fingerprint density at radius 1 is 1.29 bits per heavy atom. The first-order chi connectivity index (χ1) is 11.5. The van der Waals surface area contributed by atoms with Gasteiger partial charge in [-0.05, 0) is 37.6 Å². The number of hydrogen-bond donors (Lipinski definition) is 0. The molecule has 6 heteroatoms. The van der Waals surface area contributed by atoms with Crippen molar-refractivity contribution < 1.29 is 4.79 Å². The molecule has 1 unspecified atom stereocenters. The molecule has 1 amide bonds. The Balaban J connectivity index is 1.77. The van der Waals surface area contributed by atoms with Gasteiger partial charge < -0.3 is 9.47 Å². The van der Waals surface area contributed by atoms with Crippen LogP contribution in [0.4, 0.5) is 0 Å². The maximum absolute atomic E-state index is 12.7. The van der Waals surface area contributed by atoms with Gasteiger partial charge in [0.05, 0.1) is 11.9 Å². The van der Waals surface area contributed by atoms with Gasteiger partial charge in [0.15, 0.2) is 5.65 Å². The van der Waals surface area contributed by atoms with Gasteiger partial charge in [0, 0.05) is 44.6 Å². The molecule has 0 N–H and O–H groups in total. The molecule has 3 aromatic rings. The second-order valence-corrected chi connectivity index (χ2v) is 6.22. The summed E-state index contributed by atoms with van der Waals surface area (Å²) in [6, 6.07) is 5.84. The summed E-state index contributed by atoms with van der Waals surface area (Å²) in [6.07, 6.45) is 5.82. The molecular weight excluding hydrogens is 302 g/mol. The number of hydrogen-bond acceptors (Lipinski definition) is 4. The van der Waals surface area contributed by atoms with E-state index in [0.29, 0.717) is 12.0 Å². The number of rotatable bonds is 4. The number of carbonyl (C=O) groups excluding carboxylic acids is 1. The van der Waals surface area contributed by atoms with Crippen molar-refractivity contribution >= 4 is 17.1 Å². The van der Waals surface area contributed by atoms with E-state index in [1.54, 1.807) is 29.7 Å².